The molecule has 0 aliphatic rings. The maximum Gasteiger partial charge on any atom is 0.329 e. The van der Waals surface area contributed by atoms with E-state index in [2.05, 4.69) is 16.0 Å². The van der Waals surface area contributed by atoms with Gasteiger partial charge in [-0.2, -0.15) is 0 Å². The van der Waals surface area contributed by atoms with Crippen molar-refractivity contribution in [1.82, 2.24) is 16.0 Å². The number of amides is 4. The van der Waals surface area contributed by atoms with E-state index in [1.165, 1.54) is 0 Å². The van der Waals surface area contributed by atoms with Crippen molar-refractivity contribution in [2.75, 3.05) is 6.54 Å². The van der Waals surface area contributed by atoms with Crippen molar-refractivity contribution >= 4 is 29.6 Å². The standard InChI is InChI=1S/C30H32N4O6/c31-29(38)24(16-21-10-4-1-5-11-21)33-27(36)18-26(35)32-19-28(37)34-25(17-22-12-6-2-7-13-22)30(39)40-20-23-14-8-3-9-15-23/h1-15,24-25H,16-20H2,(H2,31,38)(H,32,35)(H,33,36)(H,34,37)/t24-,25+/m1/s1. The molecule has 0 saturated carbocycles. The molecule has 40 heavy (non-hydrogen) atoms. The molecule has 4 amide bonds. The molecule has 0 radical (unpaired) electrons. The Morgan fingerprint density at radius 1 is 0.625 bits per heavy atom. The van der Waals surface area contributed by atoms with Crippen LogP contribution in [0.15, 0.2) is 91.0 Å². The normalized spacial score (nSPS) is 11.9. The first kappa shape index (κ1) is 29.6. The smallest absolute Gasteiger partial charge is 0.329 e. The summed E-state index contributed by atoms with van der Waals surface area (Å²) in [6.07, 6.45) is -0.250. The number of nitrogens with two attached hydrogens (primary N) is 1. The molecule has 0 unspecified atom stereocenters. The van der Waals surface area contributed by atoms with Crippen LogP contribution in [0.5, 0.6) is 0 Å². The number of benzene rings is 3. The second kappa shape index (κ2) is 15.4. The van der Waals surface area contributed by atoms with Gasteiger partial charge < -0.3 is 26.4 Å². The topological polar surface area (TPSA) is 157 Å². The SMILES string of the molecule is NC(=O)[C@@H](Cc1ccccc1)NC(=O)CC(=O)NCC(=O)N[C@@H](Cc1ccccc1)C(=O)OCc1ccccc1. The summed E-state index contributed by atoms with van der Waals surface area (Å²) in [7, 11) is 0. The molecule has 0 fully saturated rings. The van der Waals surface area contributed by atoms with Gasteiger partial charge in [-0.15, -0.1) is 0 Å². The molecule has 3 aromatic rings. The summed E-state index contributed by atoms with van der Waals surface area (Å²) in [4.78, 5) is 61.8. The Hall–Kier alpha value is -4.99. The van der Waals surface area contributed by atoms with Crippen LogP contribution in [-0.2, 0) is 48.2 Å². The minimum atomic E-state index is -0.994. The number of hydrogen-bond acceptors (Lipinski definition) is 6. The summed E-state index contributed by atoms with van der Waals surface area (Å²) in [6, 6.07) is 25.2. The first-order valence-corrected chi connectivity index (χ1v) is 12.7. The highest BCUT2D eigenvalue weighted by atomic mass is 16.5. The van der Waals surface area contributed by atoms with Crippen LogP contribution in [0.3, 0.4) is 0 Å². The molecule has 0 spiro atoms. The summed E-state index contributed by atoms with van der Waals surface area (Å²) >= 11 is 0. The van der Waals surface area contributed by atoms with Gasteiger partial charge in [-0.25, -0.2) is 4.79 Å². The quantitative estimate of drug-likeness (QED) is 0.176. The Kier molecular flexibility index (Phi) is 11.4. The second-order valence-electron chi connectivity index (χ2n) is 9.07. The van der Waals surface area contributed by atoms with E-state index in [0.29, 0.717) is 0 Å². The number of carbonyl (C=O) groups excluding carboxylic acids is 5. The zero-order valence-electron chi connectivity index (χ0n) is 21.9. The van der Waals surface area contributed by atoms with Crippen molar-refractivity contribution in [1.29, 1.82) is 0 Å². The number of carbonyl (C=O) groups is 5. The van der Waals surface area contributed by atoms with Gasteiger partial charge in [0.15, 0.2) is 0 Å². The van der Waals surface area contributed by atoms with Crippen LogP contribution in [0.25, 0.3) is 0 Å². The lowest BCUT2D eigenvalue weighted by molar-refractivity contribution is -0.149. The van der Waals surface area contributed by atoms with Crippen molar-refractivity contribution in [2.45, 2.75) is 38.0 Å². The van der Waals surface area contributed by atoms with Gasteiger partial charge in [0.1, 0.15) is 25.1 Å². The summed E-state index contributed by atoms with van der Waals surface area (Å²) in [5.41, 5.74) is 7.80. The van der Waals surface area contributed by atoms with Crippen LogP contribution in [0.4, 0.5) is 0 Å². The first-order chi connectivity index (χ1) is 19.3. The van der Waals surface area contributed by atoms with E-state index in [1.807, 2.05) is 66.7 Å². The van der Waals surface area contributed by atoms with Crippen molar-refractivity contribution in [3.63, 3.8) is 0 Å². The third-order valence-electron chi connectivity index (χ3n) is 5.85. The molecular formula is C30H32N4O6. The van der Waals surface area contributed by atoms with Crippen molar-refractivity contribution in [3.05, 3.63) is 108 Å². The molecule has 5 N–H and O–H groups in total. The molecule has 0 heterocycles. The van der Waals surface area contributed by atoms with Gasteiger partial charge in [0.2, 0.25) is 23.6 Å². The highest BCUT2D eigenvalue weighted by Gasteiger charge is 2.24. The fourth-order valence-electron chi connectivity index (χ4n) is 3.82. The van der Waals surface area contributed by atoms with Gasteiger partial charge >= 0.3 is 5.97 Å². The van der Waals surface area contributed by atoms with E-state index in [-0.39, 0.29) is 19.4 Å². The lowest BCUT2D eigenvalue weighted by Gasteiger charge is -2.18. The predicted octanol–water partition coefficient (Wildman–Crippen LogP) is 1.18. The second-order valence-corrected chi connectivity index (χ2v) is 9.07. The highest BCUT2D eigenvalue weighted by molar-refractivity contribution is 5.99. The Balaban J connectivity index is 1.50. The third-order valence-corrected chi connectivity index (χ3v) is 5.85. The van der Waals surface area contributed by atoms with Crippen molar-refractivity contribution in [2.24, 2.45) is 5.73 Å². The number of nitrogens with one attached hydrogen (secondary N) is 3. The van der Waals surface area contributed by atoms with Crippen molar-refractivity contribution in [3.8, 4) is 0 Å². The van der Waals surface area contributed by atoms with E-state index < -0.39 is 54.6 Å². The number of esters is 1. The van der Waals surface area contributed by atoms with E-state index >= 15 is 0 Å². The largest absolute Gasteiger partial charge is 0.459 e. The number of hydrogen-bond donors (Lipinski definition) is 4. The molecule has 3 aromatic carbocycles. The summed E-state index contributed by atoms with van der Waals surface area (Å²) in [6.45, 7) is -0.421. The van der Waals surface area contributed by atoms with Crippen LogP contribution in [0.2, 0.25) is 0 Å². The van der Waals surface area contributed by atoms with Gasteiger partial charge in [-0.05, 0) is 16.7 Å². The van der Waals surface area contributed by atoms with E-state index in [9.17, 15) is 24.0 Å². The number of primary amides is 1. The molecule has 2 atom stereocenters. The Morgan fingerprint density at radius 3 is 1.62 bits per heavy atom. The highest BCUT2D eigenvalue weighted by Crippen LogP contribution is 2.08. The van der Waals surface area contributed by atoms with E-state index in [1.54, 1.807) is 24.3 Å². The molecule has 0 aliphatic carbocycles. The average Bonchev–Trinajstić information content (AvgIpc) is 2.95. The fraction of sp³-hybridized carbons (Fsp3) is 0.233. The molecular weight excluding hydrogens is 512 g/mol. The fourth-order valence-corrected chi connectivity index (χ4v) is 3.82. The third kappa shape index (κ3) is 10.4. The maximum absolute atomic E-state index is 12.8. The average molecular weight is 545 g/mol. The molecule has 0 aromatic heterocycles. The monoisotopic (exact) mass is 544 g/mol. The van der Waals surface area contributed by atoms with Gasteiger partial charge in [-0.1, -0.05) is 91.0 Å². The number of rotatable bonds is 14. The summed E-state index contributed by atoms with van der Waals surface area (Å²) in [5, 5.41) is 7.40. The Morgan fingerprint density at radius 2 is 1.10 bits per heavy atom. The van der Waals surface area contributed by atoms with Crippen LogP contribution < -0.4 is 21.7 Å². The summed E-state index contributed by atoms with van der Waals surface area (Å²) < 4.78 is 5.41. The predicted molar refractivity (Wildman–Crippen MR) is 147 cm³/mol. The first-order valence-electron chi connectivity index (χ1n) is 12.7. The van der Waals surface area contributed by atoms with Crippen molar-refractivity contribution < 1.29 is 28.7 Å². The van der Waals surface area contributed by atoms with Crippen LogP contribution in [-0.4, -0.2) is 48.2 Å². The molecule has 0 saturated heterocycles. The maximum atomic E-state index is 12.8. The Labute approximate surface area is 232 Å². The van der Waals surface area contributed by atoms with Gasteiger partial charge in [-0.3, -0.25) is 19.2 Å². The van der Waals surface area contributed by atoms with Crippen LogP contribution in [0, 0.1) is 0 Å². The van der Waals surface area contributed by atoms with Crippen LogP contribution >= 0.6 is 0 Å². The van der Waals surface area contributed by atoms with Gasteiger partial charge in [0.25, 0.3) is 0 Å². The molecule has 0 aliphatic heterocycles. The lowest BCUT2D eigenvalue weighted by Crippen LogP contribution is -2.49. The number of ether oxygens (including phenoxy) is 1. The Bertz CT molecular complexity index is 1290. The zero-order valence-corrected chi connectivity index (χ0v) is 21.9. The van der Waals surface area contributed by atoms with E-state index in [0.717, 1.165) is 16.7 Å². The lowest BCUT2D eigenvalue weighted by atomic mass is 10.1. The van der Waals surface area contributed by atoms with Crippen LogP contribution in [0.1, 0.15) is 23.1 Å². The zero-order chi connectivity index (χ0) is 28.7. The van der Waals surface area contributed by atoms with Gasteiger partial charge in [0, 0.05) is 12.8 Å². The minimum absolute atomic E-state index is 0.0449. The molecule has 208 valence electrons. The molecule has 10 heteroatoms. The molecule has 10 nitrogen and oxygen atoms in total. The molecule has 3 rings (SSSR count). The van der Waals surface area contributed by atoms with Gasteiger partial charge in [0.05, 0.1) is 6.54 Å². The molecule has 0 bridgehead atoms. The van der Waals surface area contributed by atoms with E-state index in [4.69, 9.17) is 10.5 Å². The summed E-state index contributed by atoms with van der Waals surface area (Å²) in [5.74, 6) is -3.44. The minimum Gasteiger partial charge on any atom is -0.459 e.